The second-order valence-electron chi connectivity index (χ2n) is 4.53. The second kappa shape index (κ2) is 5.97. The van der Waals surface area contributed by atoms with Crippen molar-refractivity contribution in [3.05, 3.63) is 65.0 Å². The van der Waals surface area contributed by atoms with E-state index in [1.807, 2.05) is 19.9 Å². The van der Waals surface area contributed by atoms with Crippen molar-refractivity contribution in [3.8, 4) is 0 Å². The zero-order valence-electron chi connectivity index (χ0n) is 11.3. The summed E-state index contributed by atoms with van der Waals surface area (Å²) in [6.45, 7) is 3.83. The molecule has 0 bridgehead atoms. The standard InChI is InChI=1S/C15H15N3O2/c1-10-6-11(2)8-13(7-10)15(20)18-17-14(19)12-4-3-5-16-9-12/h3-9H,1-2H3,(H,17,19)(H,18,20). The summed E-state index contributed by atoms with van der Waals surface area (Å²) < 4.78 is 0. The van der Waals surface area contributed by atoms with E-state index in [9.17, 15) is 9.59 Å². The molecule has 0 unspecified atom stereocenters. The minimum atomic E-state index is -0.407. The highest BCUT2D eigenvalue weighted by Gasteiger charge is 2.09. The molecule has 1 aromatic carbocycles. The van der Waals surface area contributed by atoms with Gasteiger partial charge in [-0.25, -0.2) is 0 Å². The van der Waals surface area contributed by atoms with Crippen molar-refractivity contribution in [2.75, 3.05) is 0 Å². The van der Waals surface area contributed by atoms with Crippen LogP contribution in [-0.4, -0.2) is 16.8 Å². The fourth-order valence-electron chi connectivity index (χ4n) is 1.86. The molecule has 2 N–H and O–H groups in total. The van der Waals surface area contributed by atoms with Crippen molar-refractivity contribution >= 4 is 11.8 Å². The maximum Gasteiger partial charge on any atom is 0.271 e. The molecule has 2 rings (SSSR count). The zero-order valence-corrected chi connectivity index (χ0v) is 11.3. The van der Waals surface area contributed by atoms with Crippen LogP contribution in [0.15, 0.2) is 42.7 Å². The summed E-state index contributed by atoms with van der Waals surface area (Å²) in [5.74, 6) is -0.759. The Bertz CT molecular complexity index is 619. The van der Waals surface area contributed by atoms with Gasteiger partial charge in [0, 0.05) is 18.0 Å². The molecule has 0 atom stereocenters. The molecule has 1 heterocycles. The van der Waals surface area contributed by atoms with Crippen LogP contribution >= 0.6 is 0 Å². The molecule has 0 saturated carbocycles. The summed E-state index contributed by atoms with van der Waals surface area (Å²) in [7, 11) is 0. The van der Waals surface area contributed by atoms with E-state index in [1.54, 1.807) is 30.5 Å². The predicted molar refractivity (Wildman–Crippen MR) is 75.1 cm³/mol. The number of hydrogen-bond acceptors (Lipinski definition) is 3. The van der Waals surface area contributed by atoms with Crippen molar-refractivity contribution in [1.82, 2.24) is 15.8 Å². The Balaban J connectivity index is 2.00. The molecule has 0 radical (unpaired) electrons. The average Bonchev–Trinajstić information content (AvgIpc) is 2.44. The van der Waals surface area contributed by atoms with Crippen LogP contribution in [0.5, 0.6) is 0 Å². The summed E-state index contributed by atoms with van der Waals surface area (Å²) in [5, 5.41) is 0. The molecular formula is C15H15N3O2. The Labute approximate surface area is 117 Å². The third-order valence-electron chi connectivity index (χ3n) is 2.70. The van der Waals surface area contributed by atoms with Gasteiger partial charge < -0.3 is 0 Å². The van der Waals surface area contributed by atoms with Crippen LogP contribution in [0, 0.1) is 13.8 Å². The van der Waals surface area contributed by atoms with Gasteiger partial charge in [0.15, 0.2) is 0 Å². The molecule has 0 spiro atoms. The predicted octanol–water partition coefficient (Wildman–Crippen LogP) is 1.77. The lowest BCUT2D eigenvalue weighted by molar-refractivity contribution is 0.0846. The maximum absolute atomic E-state index is 11.9. The number of pyridine rings is 1. The molecule has 5 nitrogen and oxygen atoms in total. The summed E-state index contributed by atoms with van der Waals surface area (Å²) in [6, 6.07) is 8.77. The molecule has 5 heteroatoms. The van der Waals surface area contributed by atoms with Crippen LogP contribution in [0.1, 0.15) is 31.8 Å². The van der Waals surface area contributed by atoms with Gasteiger partial charge >= 0.3 is 0 Å². The van der Waals surface area contributed by atoms with Gasteiger partial charge in [-0.3, -0.25) is 25.4 Å². The first-order chi connectivity index (χ1) is 9.56. The summed E-state index contributed by atoms with van der Waals surface area (Å²) in [5.41, 5.74) is 7.62. The molecule has 0 aliphatic heterocycles. The molecule has 0 fully saturated rings. The Morgan fingerprint density at radius 1 is 0.950 bits per heavy atom. The number of hydrogen-bond donors (Lipinski definition) is 2. The molecule has 20 heavy (non-hydrogen) atoms. The minimum Gasteiger partial charge on any atom is -0.267 e. The van der Waals surface area contributed by atoms with E-state index in [0.717, 1.165) is 11.1 Å². The van der Waals surface area contributed by atoms with Crippen LogP contribution in [0.2, 0.25) is 0 Å². The summed E-state index contributed by atoms with van der Waals surface area (Å²) in [6.07, 6.45) is 3.00. The van der Waals surface area contributed by atoms with Gasteiger partial charge in [0.1, 0.15) is 0 Å². The number of rotatable bonds is 2. The first-order valence-electron chi connectivity index (χ1n) is 6.15. The van der Waals surface area contributed by atoms with Gasteiger partial charge in [-0.1, -0.05) is 17.2 Å². The Hall–Kier alpha value is -2.69. The van der Waals surface area contributed by atoms with Crippen molar-refractivity contribution in [3.63, 3.8) is 0 Å². The molecule has 0 aliphatic carbocycles. The van der Waals surface area contributed by atoms with E-state index in [2.05, 4.69) is 15.8 Å². The van der Waals surface area contributed by atoms with E-state index < -0.39 is 5.91 Å². The van der Waals surface area contributed by atoms with Gasteiger partial charge in [0.2, 0.25) is 0 Å². The van der Waals surface area contributed by atoms with E-state index in [0.29, 0.717) is 11.1 Å². The van der Waals surface area contributed by atoms with Crippen molar-refractivity contribution in [1.29, 1.82) is 0 Å². The Morgan fingerprint density at radius 3 is 2.10 bits per heavy atom. The molecule has 0 saturated heterocycles. The quantitative estimate of drug-likeness (QED) is 0.816. The fourth-order valence-corrected chi connectivity index (χ4v) is 1.86. The zero-order chi connectivity index (χ0) is 14.5. The van der Waals surface area contributed by atoms with Crippen LogP contribution < -0.4 is 10.9 Å². The van der Waals surface area contributed by atoms with Crippen LogP contribution in [0.4, 0.5) is 0 Å². The first-order valence-corrected chi connectivity index (χ1v) is 6.15. The largest absolute Gasteiger partial charge is 0.271 e. The normalized spacial score (nSPS) is 9.90. The van der Waals surface area contributed by atoms with E-state index in [4.69, 9.17) is 0 Å². The lowest BCUT2D eigenvalue weighted by Crippen LogP contribution is -2.41. The number of nitrogens with zero attached hydrogens (tertiary/aromatic N) is 1. The number of aromatic nitrogens is 1. The van der Waals surface area contributed by atoms with Crippen molar-refractivity contribution in [2.45, 2.75) is 13.8 Å². The number of carbonyl (C=O) groups is 2. The lowest BCUT2D eigenvalue weighted by atomic mass is 10.1. The number of benzene rings is 1. The van der Waals surface area contributed by atoms with Gasteiger partial charge in [-0.2, -0.15) is 0 Å². The molecule has 0 aliphatic rings. The van der Waals surface area contributed by atoms with Crippen LogP contribution in [0.3, 0.4) is 0 Å². The summed E-state index contributed by atoms with van der Waals surface area (Å²) >= 11 is 0. The number of nitrogens with one attached hydrogen (secondary N) is 2. The Morgan fingerprint density at radius 2 is 1.55 bits per heavy atom. The molecule has 102 valence electrons. The van der Waals surface area contributed by atoms with Gasteiger partial charge in [0.25, 0.3) is 11.8 Å². The number of carbonyl (C=O) groups excluding carboxylic acids is 2. The smallest absolute Gasteiger partial charge is 0.267 e. The third kappa shape index (κ3) is 3.41. The van der Waals surface area contributed by atoms with E-state index >= 15 is 0 Å². The van der Waals surface area contributed by atoms with Gasteiger partial charge in [-0.15, -0.1) is 0 Å². The van der Waals surface area contributed by atoms with Crippen LogP contribution in [-0.2, 0) is 0 Å². The summed E-state index contributed by atoms with van der Waals surface area (Å²) in [4.78, 5) is 27.5. The lowest BCUT2D eigenvalue weighted by Gasteiger charge is -2.08. The molecular weight excluding hydrogens is 254 g/mol. The monoisotopic (exact) mass is 269 g/mol. The fraction of sp³-hybridized carbons (Fsp3) is 0.133. The first kappa shape index (κ1) is 13.7. The second-order valence-corrected chi connectivity index (χ2v) is 4.53. The highest BCUT2D eigenvalue weighted by molar-refractivity contribution is 5.99. The van der Waals surface area contributed by atoms with E-state index in [-0.39, 0.29) is 5.91 Å². The van der Waals surface area contributed by atoms with E-state index in [1.165, 1.54) is 6.20 Å². The highest BCUT2D eigenvalue weighted by Crippen LogP contribution is 2.08. The topological polar surface area (TPSA) is 71.1 Å². The van der Waals surface area contributed by atoms with Gasteiger partial charge in [-0.05, 0) is 38.1 Å². The third-order valence-corrected chi connectivity index (χ3v) is 2.70. The van der Waals surface area contributed by atoms with Gasteiger partial charge in [0.05, 0.1) is 5.56 Å². The average molecular weight is 269 g/mol. The van der Waals surface area contributed by atoms with Crippen molar-refractivity contribution in [2.24, 2.45) is 0 Å². The van der Waals surface area contributed by atoms with Crippen LogP contribution in [0.25, 0.3) is 0 Å². The minimum absolute atomic E-state index is 0.353. The molecule has 2 amide bonds. The molecule has 2 aromatic rings. The maximum atomic E-state index is 11.9. The molecule has 1 aromatic heterocycles. The number of amides is 2. The van der Waals surface area contributed by atoms with Crippen molar-refractivity contribution < 1.29 is 9.59 Å². The highest BCUT2D eigenvalue weighted by atomic mass is 16.2. The Kier molecular flexibility index (Phi) is 4.10. The number of hydrazine groups is 1. The number of aryl methyl sites for hydroxylation is 2. The SMILES string of the molecule is Cc1cc(C)cc(C(=O)NNC(=O)c2cccnc2)c1.